The van der Waals surface area contributed by atoms with E-state index in [4.69, 9.17) is 9.52 Å². The molecule has 4 heteroatoms. The van der Waals surface area contributed by atoms with E-state index < -0.39 is 5.63 Å². The van der Waals surface area contributed by atoms with Crippen LogP contribution in [0.25, 0.3) is 11.0 Å². The van der Waals surface area contributed by atoms with Crippen molar-refractivity contribution in [1.29, 1.82) is 0 Å². The van der Waals surface area contributed by atoms with Gasteiger partial charge in [-0.05, 0) is 24.3 Å². The lowest BCUT2D eigenvalue weighted by Gasteiger charge is -1.97. The van der Waals surface area contributed by atoms with Gasteiger partial charge in [0.25, 0.3) is 0 Å². The van der Waals surface area contributed by atoms with Gasteiger partial charge in [-0.3, -0.25) is 4.79 Å². The van der Waals surface area contributed by atoms with Gasteiger partial charge in [-0.15, -0.1) is 0 Å². The number of rotatable bonds is 1. The van der Waals surface area contributed by atoms with Crippen molar-refractivity contribution in [3.8, 4) is 5.75 Å². The highest BCUT2D eigenvalue weighted by molar-refractivity contribution is 5.84. The van der Waals surface area contributed by atoms with Crippen molar-refractivity contribution in [2.24, 2.45) is 0 Å². The maximum atomic E-state index is 11.1. The molecule has 0 radical (unpaired) electrons. The molecule has 0 bridgehead atoms. The summed E-state index contributed by atoms with van der Waals surface area (Å²) in [6.07, 6.45) is 0.426. The Balaban J connectivity index is 2.86. The van der Waals surface area contributed by atoms with Crippen LogP contribution >= 0.6 is 0 Å². The zero-order valence-electron chi connectivity index (χ0n) is 7.06. The van der Waals surface area contributed by atoms with Crippen molar-refractivity contribution in [2.75, 3.05) is 0 Å². The summed E-state index contributed by atoms with van der Waals surface area (Å²) < 4.78 is 4.84. The molecule has 0 atom stereocenters. The Morgan fingerprint density at radius 1 is 1.29 bits per heavy atom. The number of hydrogen-bond acceptors (Lipinski definition) is 4. The zero-order chi connectivity index (χ0) is 10.1. The van der Waals surface area contributed by atoms with Gasteiger partial charge in [0.15, 0.2) is 6.29 Å². The van der Waals surface area contributed by atoms with Crippen molar-refractivity contribution < 1.29 is 14.3 Å². The Hall–Kier alpha value is -2.10. The van der Waals surface area contributed by atoms with Crippen LogP contribution in [0.4, 0.5) is 0 Å². The minimum absolute atomic E-state index is 0.0527. The van der Waals surface area contributed by atoms with Crippen molar-refractivity contribution in [2.45, 2.75) is 0 Å². The average molecular weight is 190 g/mol. The highest BCUT2D eigenvalue weighted by Gasteiger charge is 2.04. The highest BCUT2D eigenvalue weighted by Crippen LogP contribution is 2.18. The summed E-state index contributed by atoms with van der Waals surface area (Å²) in [5, 5.41) is 9.68. The molecule has 0 saturated carbocycles. The normalized spacial score (nSPS) is 10.3. The molecule has 1 heterocycles. The van der Waals surface area contributed by atoms with E-state index in [9.17, 15) is 9.59 Å². The van der Waals surface area contributed by atoms with E-state index in [0.717, 1.165) is 0 Å². The van der Waals surface area contributed by atoms with E-state index in [1.807, 2.05) is 0 Å². The van der Waals surface area contributed by atoms with Crippen LogP contribution in [0, 0.1) is 0 Å². The Bertz CT molecular complexity index is 554. The second-order valence-electron chi connectivity index (χ2n) is 2.83. The number of carbonyl (C=O) groups is 1. The molecule has 0 aliphatic heterocycles. The van der Waals surface area contributed by atoms with Gasteiger partial charge in [0, 0.05) is 5.39 Å². The maximum Gasteiger partial charge on any atom is 0.346 e. The Kier molecular flexibility index (Phi) is 1.81. The van der Waals surface area contributed by atoms with Gasteiger partial charge in [-0.2, -0.15) is 0 Å². The molecule has 1 aromatic heterocycles. The third kappa shape index (κ3) is 1.26. The first-order valence-electron chi connectivity index (χ1n) is 3.93. The smallest absolute Gasteiger partial charge is 0.346 e. The van der Waals surface area contributed by atoms with E-state index >= 15 is 0 Å². The Morgan fingerprint density at radius 2 is 2.07 bits per heavy atom. The lowest BCUT2D eigenvalue weighted by Crippen LogP contribution is -2.05. The Labute approximate surface area is 78.4 Å². The Morgan fingerprint density at radius 3 is 2.79 bits per heavy atom. The average Bonchev–Trinajstić information content (AvgIpc) is 2.17. The second-order valence-corrected chi connectivity index (χ2v) is 2.83. The molecule has 0 aliphatic carbocycles. The number of phenols is 1. The molecule has 0 fully saturated rings. The number of aromatic hydroxyl groups is 1. The first kappa shape index (κ1) is 8.50. The summed E-state index contributed by atoms with van der Waals surface area (Å²) >= 11 is 0. The third-order valence-corrected chi connectivity index (χ3v) is 1.87. The number of hydrogen-bond donors (Lipinski definition) is 1. The van der Waals surface area contributed by atoms with Crippen molar-refractivity contribution in [1.82, 2.24) is 0 Å². The second kappa shape index (κ2) is 2.99. The molecule has 0 amide bonds. The first-order valence-corrected chi connectivity index (χ1v) is 3.93. The van der Waals surface area contributed by atoms with Crippen molar-refractivity contribution >= 4 is 17.3 Å². The predicted molar refractivity (Wildman–Crippen MR) is 49.5 cm³/mol. The molecule has 0 saturated heterocycles. The largest absolute Gasteiger partial charge is 0.508 e. The molecular formula is C10H6O4. The van der Waals surface area contributed by atoms with Crippen LogP contribution in [0.15, 0.2) is 33.5 Å². The molecule has 14 heavy (non-hydrogen) atoms. The monoisotopic (exact) mass is 190 g/mol. The quantitative estimate of drug-likeness (QED) is 0.543. The molecule has 1 aromatic carbocycles. The molecule has 0 aliphatic rings. The SMILES string of the molecule is O=Cc1cc2cc(O)ccc2oc1=O. The number of fused-ring (bicyclic) bond motifs is 1. The zero-order valence-corrected chi connectivity index (χ0v) is 7.06. The predicted octanol–water partition coefficient (Wildman–Crippen LogP) is 1.31. The molecule has 2 rings (SSSR count). The van der Waals surface area contributed by atoms with Crippen LogP contribution < -0.4 is 5.63 Å². The van der Waals surface area contributed by atoms with E-state index in [1.54, 1.807) is 0 Å². The minimum atomic E-state index is -0.668. The van der Waals surface area contributed by atoms with Crippen LogP contribution in [-0.4, -0.2) is 11.4 Å². The summed E-state index contributed by atoms with van der Waals surface area (Å²) in [4.78, 5) is 21.5. The summed E-state index contributed by atoms with van der Waals surface area (Å²) in [5.41, 5.74) is -0.375. The van der Waals surface area contributed by atoms with Gasteiger partial charge in [0.2, 0.25) is 0 Å². The highest BCUT2D eigenvalue weighted by atomic mass is 16.4. The number of carbonyl (C=O) groups excluding carboxylic acids is 1. The molecule has 1 N–H and O–H groups in total. The van der Waals surface area contributed by atoms with Crippen LogP contribution in [0.3, 0.4) is 0 Å². The summed E-state index contributed by atoms with van der Waals surface area (Å²) in [7, 11) is 0. The summed E-state index contributed by atoms with van der Waals surface area (Å²) in [6.45, 7) is 0. The van der Waals surface area contributed by atoms with E-state index in [0.29, 0.717) is 17.3 Å². The minimum Gasteiger partial charge on any atom is -0.508 e. The van der Waals surface area contributed by atoms with Gasteiger partial charge < -0.3 is 9.52 Å². The summed E-state index contributed by atoms with van der Waals surface area (Å²) in [5.74, 6) is 0.0585. The number of phenolic OH excluding ortho intramolecular Hbond substituents is 1. The van der Waals surface area contributed by atoms with E-state index in [-0.39, 0.29) is 11.3 Å². The fourth-order valence-corrected chi connectivity index (χ4v) is 1.21. The van der Waals surface area contributed by atoms with Crippen LogP contribution in [-0.2, 0) is 0 Å². The molecule has 4 nitrogen and oxygen atoms in total. The first-order chi connectivity index (χ1) is 6.70. The van der Waals surface area contributed by atoms with Crippen molar-refractivity contribution in [3.05, 3.63) is 40.2 Å². The van der Waals surface area contributed by atoms with E-state index in [1.165, 1.54) is 24.3 Å². The fraction of sp³-hybridized carbons (Fsp3) is 0. The van der Waals surface area contributed by atoms with E-state index in [2.05, 4.69) is 0 Å². The molecule has 0 spiro atoms. The number of benzene rings is 1. The molecule has 0 unspecified atom stereocenters. The van der Waals surface area contributed by atoms with Gasteiger partial charge in [-0.25, -0.2) is 4.79 Å². The molecular weight excluding hydrogens is 184 g/mol. The van der Waals surface area contributed by atoms with Crippen LogP contribution in [0.2, 0.25) is 0 Å². The third-order valence-electron chi connectivity index (χ3n) is 1.87. The van der Waals surface area contributed by atoms with Gasteiger partial charge >= 0.3 is 5.63 Å². The lowest BCUT2D eigenvalue weighted by atomic mass is 10.2. The van der Waals surface area contributed by atoms with Gasteiger partial charge in [-0.1, -0.05) is 0 Å². The van der Waals surface area contributed by atoms with Crippen LogP contribution in [0.1, 0.15) is 10.4 Å². The number of aldehydes is 1. The topological polar surface area (TPSA) is 67.5 Å². The lowest BCUT2D eigenvalue weighted by molar-refractivity contribution is 0.112. The van der Waals surface area contributed by atoms with Gasteiger partial charge in [0.05, 0.1) is 0 Å². The molecule has 70 valence electrons. The van der Waals surface area contributed by atoms with Crippen molar-refractivity contribution in [3.63, 3.8) is 0 Å². The standard InChI is InChI=1S/C10H6O4/c11-5-7-3-6-4-8(12)1-2-9(6)14-10(7)13/h1-5,12H. The van der Waals surface area contributed by atoms with Gasteiger partial charge in [0.1, 0.15) is 16.9 Å². The molecule has 2 aromatic rings. The maximum absolute atomic E-state index is 11.1. The van der Waals surface area contributed by atoms with Crippen LogP contribution in [0.5, 0.6) is 5.75 Å². The summed E-state index contributed by atoms with van der Waals surface area (Å²) in [6, 6.07) is 5.69. The fourth-order valence-electron chi connectivity index (χ4n) is 1.21.